The van der Waals surface area contributed by atoms with Crippen molar-refractivity contribution in [2.75, 3.05) is 32.7 Å². The lowest BCUT2D eigenvalue weighted by atomic mass is 9.88. The van der Waals surface area contributed by atoms with Crippen molar-refractivity contribution in [1.29, 1.82) is 0 Å². The largest absolute Gasteiger partial charge is 0.334 e. The summed E-state index contributed by atoms with van der Waals surface area (Å²) in [6.07, 6.45) is 6.41. The summed E-state index contributed by atoms with van der Waals surface area (Å²) in [5.41, 5.74) is 0. The van der Waals surface area contributed by atoms with E-state index in [9.17, 15) is 9.59 Å². The molecule has 21 heavy (non-hydrogen) atoms. The third-order valence-electron chi connectivity index (χ3n) is 4.33. The van der Waals surface area contributed by atoms with Crippen molar-refractivity contribution >= 4 is 11.9 Å². The molecule has 2 aliphatic rings. The van der Waals surface area contributed by atoms with Gasteiger partial charge in [0.2, 0.25) is 5.91 Å². The maximum absolute atomic E-state index is 11.8. The summed E-state index contributed by atoms with van der Waals surface area (Å²) in [6.45, 7) is 7.18. The molecule has 6 nitrogen and oxygen atoms in total. The van der Waals surface area contributed by atoms with Crippen LogP contribution < -0.4 is 16.0 Å². The molecule has 0 radical (unpaired) electrons. The second kappa shape index (κ2) is 8.14. The zero-order chi connectivity index (χ0) is 15.1. The summed E-state index contributed by atoms with van der Waals surface area (Å²) in [6, 6.07) is 0.218. The molecule has 2 aliphatic heterocycles. The second-order valence-electron chi connectivity index (χ2n) is 5.86. The minimum atomic E-state index is -0.454. The predicted octanol–water partition coefficient (Wildman–Crippen LogP) is 0.462. The first-order valence-electron chi connectivity index (χ1n) is 7.83. The molecule has 0 aromatic carbocycles. The molecule has 3 N–H and O–H groups in total. The highest BCUT2D eigenvalue weighted by atomic mass is 16.2. The third-order valence-corrected chi connectivity index (χ3v) is 4.33. The van der Waals surface area contributed by atoms with Crippen LogP contribution in [0.25, 0.3) is 0 Å². The van der Waals surface area contributed by atoms with Gasteiger partial charge in [-0.25, -0.2) is 4.79 Å². The number of imide groups is 1. The van der Waals surface area contributed by atoms with Crippen LogP contribution in [-0.2, 0) is 4.79 Å². The van der Waals surface area contributed by atoms with E-state index in [0.29, 0.717) is 19.1 Å². The number of carbonyl (C=O) groups is 2. The van der Waals surface area contributed by atoms with E-state index >= 15 is 0 Å². The molecule has 2 fully saturated rings. The molecular formula is C15H26N4O2. The van der Waals surface area contributed by atoms with Crippen LogP contribution in [0, 0.1) is 5.92 Å². The van der Waals surface area contributed by atoms with Gasteiger partial charge >= 0.3 is 6.03 Å². The minimum Gasteiger partial charge on any atom is -0.334 e. The summed E-state index contributed by atoms with van der Waals surface area (Å²) in [4.78, 5) is 25.3. The van der Waals surface area contributed by atoms with E-state index in [2.05, 4.69) is 27.4 Å². The molecule has 6 heteroatoms. The number of nitrogens with zero attached hydrogens (tertiary/aromatic N) is 1. The molecule has 0 aliphatic carbocycles. The Bertz CT molecular complexity index is 372. The fourth-order valence-electron chi connectivity index (χ4n) is 3.21. The van der Waals surface area contributed by atoms with Gasteiger partial charge in [-0.1, -0.05) is 6.08 Å². The van der Waals surface area contributed by atoms with Gasteiger partial charge in [0, 0.05) is 12.6 Å². The number of carbonyl (C=O) groups excluding carboxylic acids is 2. The lowest BCUT2D eigenvalue weighted by molar-refractivity contribution is -0.121. The molecular weight excluding hydrogens is 268 g/mol. The van der Waals surface area contributed by atoms with E-state index in [0.717, 1.165) is 38.4 Å². The lowest BCUT2D eigenvalue weighted by Crippen LogP contribution is -2.47. The highest BCUT2D eigenvalue weighted by molar-refractivity contribution is 5.95. The van der Waals surface area contributed by atoms with Crippen LogP contribution in [0.2, 0.25) is 0 Å². The summed E-state index contributed by atoms with van der Waals surface area (Å²) < 4.78 is 0. The Morgan fingerprint density at radius 1 is 1.29 bits per heavy atom. The van der Waals surface area contributed by atoms with E-state index in [1.54, 1.807) is 6.08 Å². The predicted molar refractivity (Wildman–Crippen MR) is 81.9 cm³/mol. The Morgan fingerprint density at radius 3 is 2.67 bits per heavy atom. The Labute approximate surface area is 126 Å². The zero-order valence-corrected chi connectivity index (χ0v) is 12.6. The first kappa shape index (κ1) is 16.0. The van der Waals surface area contributed by atoms with E-state index < -0.39 is 6.03 Å². The van der Waals surface area contributed by atoms with Gasteiger partial charge in [-0.15, -0.1) is 6.58 Å². The Kier molecular flexibility index (Phi) is 6.20. The Morgan fingerprint density at radius 2 is 2.05 bits per heavy atom. The summed E-state index contributed by atoms with van der Waals surface area (Å²) >= 11 is 0. The Hall–Kier alpha value is -1.40. The standard InChI is InChI=1S/C15H26N4O2/c1-2-7-17-15(21)18-14(20)11-19-9-5-12(6-10-19)13-4-3-8-16-13/h2,12-13,16H,1,3-11H2,(H2,17,18,20,21). The van der Waals surface area contributed by atoms with Crippen molar-refractivity contribution < 1.29 is 9.59 Å². The maximum atomic E-state index is 11.8. The topological polar surface area (TPSA) is 73.5 Å². The number of hydrogen-bond acceptors (Lipinski definition) is 4. The van der Waals surface area contributed by atoms with Gasteiger partial charge in [-0.05, 0) is 51.2 Å². The van der Waals surface area contributed by atoms with E-state index in [1.165, 1.54) is 12.8 Å². The summed E-state index contributed by atoms with van der Waals surface area (Å²) in [5, 5.41) is 8.44. The number of piperidine rings is 1. The molecule has 0 spiro atoms. The quantitative estimate of drug-likeness (QED) is 0.644. The van der Waals surface area contributed by atoms with Crippen molar-refractivity contribution in [2.45, 2.75) is 31.7 Å². The van der Waals surface area contributed by atoms with E-state index in [1.807, 2.05) is 0 Å². The van der Waals surface area contributed by atoms with Crippen LogP contribution in [-0.4, -0.2) is 55.6 Å². The summed E-state index contributed by atoms with van der Waals surface area (Å²) in [7, 11) is 0. The molecule has 3 amide bonds. The molecule has 0 aromatic rings. The molecule has 0 aromatic heterocycles. The first-order valence-corrected chi connectivity index (χ1v) is 7.83. The molecule has 0 saturated carbocycles. The van der Waals surface area contributed by atoms with Crippen LogP contribution in [0.3, 0.4) is 0 Å². The van der Waals surface area contributed by atoms with Crippen molar-refractivity contribution in [3.8, 4) is 0 Å². The van der Waals surface area contributed by atoms with Crippen molar-refractivity contribution in [2.24, 2.45) is 5.92 Å². The van der Waals surface area contributed by atoms with Crippen molar-refractivity contribution in [1.82, 2.24) is 20.9 Å². The fourth-order valence-corrected chi connectivity index (χ4v) is 3.21. The van der Waals surface area contributed by atoms with Crippen molar-refractivity contribution in [3.63, 3.8) is 0 Å². The van der Waals surface area contributed by atoms with Crippen LogP contribution in [0.5, 0.6) is 0 Å². The lowest BCUT2D eigenvalue weighted by Gasteiger charge is -2.34. The molecule has 2 heterocycles. The molecule has 118 valence electrons. The van der Waals surface area contributed by atoms with Crippen LogP contribution in [0.4, 0.5) is 4.79 Å². The van der Waals surface area contributed by atoms with Crippen LogP contribution in [0.15, 0.2) is 12.7 Å². The fraction of sp³-hybridized carbons (Fsp3) is 0.733. The number of amides is 3. The van der Waals surface area contributed by atoms with Crippen LogP contribution in [0.1, 0.15) is 25.7 Å². The smallest absolute Gasteiger partial charge is 0.321 e. The first-order chi connectivity index (χ1) is 10.2. The van der Waals surface area contributed by atoms with Crippen molar-refractivity contribution in [3.05, 3.63) is 12.7 Å². The average molecular weight is 294 g/mol. The summed E-state index contributed by atoms with van der Waals surface area (Å²) in [5.74, 6) is 0.497. The Balaban J connectivity index is 1.64. The average Bonchev–Trinajstić information content (AvgIpc) is 3.00. The number of hydrogen-bond donors (Lipinski definition) is 3. The van der Waals surface area contributed by atoms with Gasteiger partial charge in [0.1, 0.15) is 0 Å². The molecule has 2 saturated heterocycles. The SMILES string of the molecule is C=CCNC(=O)NC(=O)CN1CCC(C2CCCN2)CC1. The number of nitrogens with one attached hydrogen (secondary N) is 3. The van der Waals surface area contributed by atoms with Gasteiger partial charge in [0.25, 0.3) is 0 Å². The highest BCUT2D eigenvalue weighted by Gasteiger charge is 2.28. The van der Waals surface area contributed by atoms with Gasteiger partial charge < -0.3 is 10.6 Å². The van der Waals surface area contributed by atoms with Crippen LogP contribution >= 0.6 is 0 Å². The van der Waals surface area contributed by atoms with Gasteiger partial charge in [-0.3, -0.25) is 15.0 Å². The normalized spacial score (nSPS) is 23.7. The number of urea groups is 1. The third kappa shape index (κ3) is 5.13. The van der Waals surface area contributed by atoms with E-state index in [-0.39, 0.29) is 5.91 Å². The second-order valence-corrected chi connectivity index (χ2v) is 5.86. The zero-order valence-electron chi connectivity index (χ0n) is 12.6. The minimum absolute atomic E-state index is 0.242. The number of likely N-dealkylation sites (tertiary alicyclic amines) is 1. The van der Waals surface area contributed by atoms with E-state index in [4.69, 9.17) is 0 Å². The van der Waals surface area contributed by atoms with Gasteiger partial charge in [0.05, 0.1) is 6.54 Å². The maximum Gasteiger partial charge on any atom is 0.321 e. The van der Waals surface area contributed by atoms with Gasteiger partial charge in [0.15, 0.2) is 0 Å². The monoisotopic (exact) mass is 294 g/mol. The number of rotatable bonds is 5. The van der Waals surface area contributed by atoms with Gasteiger partial charge in [-0.2, -0.15) is 0 Å². The molecule has 1 unspecified atom stereocenters. The highest BCUT2D eigenvalue weighted by Crippen LogP contribution is 2.25. The molecule has 0 bridgehead atoms. The molecule has 2 rings (SSSR count). The molecule has 1 atom stereocenters.